The number of benzene rings is 1. The maximum atomic E-state index is 12.3. The van der Waals surface area contributed by atoms with E-state index in [2.05, 4.69) is 18.7 Å². The molecule has 1 aliphatic rings. The van der Waals surface area contributed by atoms with Crippen molar-refractivity contribution < 1.29 is 14.3 Å². The maximum absolute atomic E-state index is 12.3. The summed E-state index contributed by atoms with van der Waals surface area (Å²) in [5, 5.41) is 0. The number of carbonyl (C=O) groups is 1. The molecule has 2 rings (SSSR count). The first kappa shape index (κ1) is 22.0. The molecule has 0 saturated heterocycles. The number of ether oxygens (including phenoxy) is 2. The Labute approximate surface area is 162 Å². The zero-order chi connectivity index (χ0) is 17.7. The fourth-order valence-corrected chi connectivity index (χ4v) is 3.00. The predicted octanol–water partition coefficient (Wildman–Crippen LogP) is 4.64. The van der Waals surface area contributed by atoms with Crippen LogP contribution in [0.2, 0.25) is 0 Å². The second-order valence-electron chi connectivity index (χ2n) is 7.58. The molecule has 0 bridgehead atoms. The minimum absolute atomic E-state index is 0. The lowest BCUT2D eigenvalue weighted by Gasteiger charge is -2.35. The Balaban J connectivity index is 0.00000312. The van der Waals surface area contributed by atoms with Crippen molar-refractivity contribution in [2.45, 2.75) is 59.9 Å². The van der Waals surface area contributed by atoms with E-state index in [1.165, 1.54) is 0 Å². The number of esters is 1. The van der Waals surface area contributed by atoms with Crippen molar-refractivity contribution in [3.8, 4) is 11.5 Å². The molecule has 1 aromatic rings. The van der Waals surface area contributed by atoms with Crippen LogP contribution >= 0.6 is 17.0 Å². The molecule has 5 heteroatoms. The van der Waals surface area contributed by atoms with Crippen molar-refractivity contribution in [1.82, 2.24) is 4.90 Å². The van der Waals surface area contributed by atoms with E-state index in [1.54, 1.807) is 0 Å². The molecule has 1 heterocycles. The first-order chi connectivity index (χ1) is 11.4. The molecule has 1 aliphatic heterocycles. The third-order valence-electron chi connectivity index (χ3n) is 4.31. The number of hydrogen-bond donors (Lipinski definition) is 0. The van der Waals surface area contributed by atoms with Crippen molar-refractivity contribution in [2.24, 2.45) is 5.41 Å². The Morgan fingerprint density at radius 1 is 1.24 bits per heavy atom. The van der Waals surface area contributed by atoms with Gasteiger partial charge in [-0.05, 0) is 65.3 Å². The molecule has 142 valence electrons. The molecule has 1 aromatic carbocycles. The van der Waals surface area contributed by atoms with Crippen LogP contribution in [0.15, 0.2) is 18.2 Å². The van der Waals surface area contributed by atoms with Crippen LogP contribution in [0.25, 0.3) is 0 Å². The Hall–Kier alpha value is -1.07. The van der Waals surface area contributed by atoms with Gasteiger partial charge in [0, 0.05) is 11.6 Å². The fourth-order valence-electron chi connectivity index (χ4n) is 3.00. The summed E-state index contributed by atoms with van der Waals surface area (Å²) in [6.45, 7) is 12.9. The smallest absolute Gasteiger partial charge is 0.316 e. The largest absolute Gasteiger partial charge is 0.492 e. The molecule has 0 N–H and O–H groups in total. The van der Waals surface area contributed by atoms with Crippen LogP contribution in [0, 0.1) is 5.41 Å². The summed E-state index contributed by atoms with van der Waals surface area (Å²) in [4.78, 5) is 14.8. The fraction of sp³-hybridized carbons (Fsp3) is 0.650. The minimum Gasteiger partial charge on any atom is -0.492 e. The second-order valence-corrected chi connectivity index (χ2v) is 7.58. The SMILES string of the molecule is Br.CCCN(CCC)C1COc2cccc(OC(=O)C(C)(C)C)c2C1. The van der Waals surface area contributed by atoms with Crippen molar-refractivity contribution in [3.63, 3.8) is 0 Å². The van der Waals surface area contributed by atoms with Gasteiger partial charge in [0.05, 0.1) is 5.41 Å². The minimum atomic E-state index is -0.520. The molecule has 0 aliphatic carbocycles. The van der Waals surface area contributed by atoms with Gasteiger partial charge in [-0.3, -0.25) is 9.69 Å². The van der Waals surface area contributed by atoms with E-state index in [1.807, 2.05) is 39.0 Å². The first-order valence-corrected chi connectivity index (χ1v) is 9.07. The molecule has 25 heavy (non-hydrogen) atoms. The first-order valence-electron chi connectivity index (χ1n) is 9.07. The van der Waals surface area contributed by atoms with Gasteiger partial charge in [0.25, 0.3) is 0 Å². The van der Waals surface area contributed by atoms with Crippen molar-refractivity contribution in [2.75, 3.05) is 19.7 Å². The Kier molecular flexibility index (Phi) is 8.42. The van der Waals surface area contributed by atoms with Crippen molar-refractivity contribution >= 4 is 23.0 Å². The van der Waals surface area contributed by atoms with E-state index < -0.39 is 5.41 Å². The molecular weight excluding hydrogens is 382 g/mol. The third-order valence-corrected chi connectivity index (χ3v) is 4.31. The van der Waals surface area contributed by atoms with Crippen LogP contribution in [-0.4, -0.2) is 36.6 Å². The summed E-state index contributed by atoms with van der Waals surface area (Å²) in [7, 11) is 0. The van der Waals surface area contributed by atoms with Crippen LogP contribution in [0.3, 0.4) is 0 Å². The molecular formula is C20H32BrNO3. The number of hydrogen-bond acceptors (Lipinski definition) is 4. The van der Waals surface area contributed by atoms with Gasteiger partial charge in [0.2, 0.25) is 0 Å². The summed E-state index contributed by atoms with van der Waals surface area (Å²) in [5.41, 5.74) is 0.497. The number of rotatable bonds is 6. The van der Waals surface area contributed by atoms with E-state index in [0.717, 1.165) is 43.7 Å². The summed E-state index contributed by atoms with van der Waals surface area (Å²) in [5.74, 6) is 1.28. The van der Waals surface area contributed by atoms with Gasteiger partial charge in [0.15, 0.2) is 0 Å². The Morgan fingerprint density at radius 2 is 1.88 bits per heavy atom. The molecule has 1 unspecified atom stereocenters. The number of halogens is 1. The average Bonchev–Trinajstić information content (AvgIpc) is 2.53. The van der Waals surface area contributed by atoms with Crippen LogP contribution < -0.4 is 9.47 Å². The monoisotopic (exact) mass is 413 g/mol. The second kappa shape index (κ2) is 9.58. The number of nitrogens with zero attached hydrogens (tertiary/aromatic N) is 1. The zero-order valence-corrected chi connectivity index (χ0v) is 17.8. The van der Waals surface area contributed by atoms with E-state index in [4.69, 9.17) is 9.47 Å². The van der Waals surface area contributed by atoms with Gasteiger partial charge < -0.3 is 9.47 Å². The standard InChI is InChI=1S/C20H31NO3.BrH/c1-6-11-21(12-7-2)15-13-16-17(23-14-15)9-8-10-18(16)24-19(22)20(3,4)5;/h8-10,15H,6-7,11-14H2,1-5H3;1H. The molecule has 0 amide bonds. The summed E-state index contributed by atoms with van der Waals surface area (Å²) < 4.78 is 11.7. The molecule has 4 nitrogen and oxygen atoms in total. The Bertz CT molecular complexity index is 563. The Morgan fingerprint density at radius 3 is 2.44 bits per heavy atom. The highest BCUT2D eigenvalue weighted by molar-refractivity contribution is 8.93. The quantitative estimate of drug-likeness (QED) is 0.502. The maximum Gasteiger partial charge on any atom is 0.316 e. The number of carbonyl (C=O) groups excluding carboxylic acids is 1. The molecule has 1 atom stereocenters. The molecule has 0 radical (unpaired) electrons. The molecule has 0 saturated carbocycles. The average molecular weight is 414 g/mol. The van der Waals surface area contributed by atoms with E-state index in [-0.39, 0.29) is 23.0 Å². The summed E-state index contributed by atoms with van der Waals surface area (Å²) in [6.07, 6.45) is 3.12. The normalized spacial score (nSPS) is 16.6. The van der Waals surface area contributed by atoms with Crippen molar-refractivity contribution in [1.29, 1.82) is 0 Å². The summed E-state index contributed by atoms with van der Waals surface area (Å²) in [6, 6.07) is 6.06. The van der Waals surface area contributed by atoms with Gasteiger partial charge in [-0.2, -0.15) is 0 Å². The van der Waals surface area contributed by atoms with Crippen LogP contribution in [0.1, 0.15) is 53.0 Å². The topological polar surface area (TPSA) is 38.8 Å². The van der Waals surface area contributed by atoms with E-state index in [0.29, 0.717) is 18.4 Å². The highest BCUT2D eigenvalue weighted by Gasteiger charge is 2.29. The number of fused-ring (bicyclic) bond motifs is 1. The van der Waals surface area contributed by atoms with Gasteiger partial charge in [-0.1, -0.05) is 19.9 Å². The predicted molar refractivity (Wildman–Crippen MR) is 107 cm³/mol. The molecule has 0 fully saturated rings. The summed E-state index contributed by atoms with van der Waals surface area (Å²) >= 11 is 0. The lowest BCUT2D eigenvalue weighted by Crippen LogP contribution is -2.44. The van der Waals surface area contributed by atoms with Gasteiger partial charge in [0.1, 0.15) is 18.1 Å². The van der Waals surface area contributed by atoms with Gasteiger partial charge in [-0.25, -0.2) is 0 Å². The highest BCUT2D eigenvalue weighted by Crippen LogP contribution is 2.35. The zero-order valence-electron chi connectivity index (χ0n) is 16.1. The lowest BCUT2D eigenvalue weighted by atomic mass is 9.97. The van der Waals surface area contributed by atoms with Crippen LogP contribution in [-0.2, 0) is 11.2 Å². The molecule has 0 aromatic heterocycles. The van der Waals surface area contributed by atoms with Gasteiger partial charge in [-0.15, -0.1) is 17.0 Å². The van der Waals surface area contributed by atoms with E-state index in [9.17, 15) is 4.79 Å². The van der Waals surface area contributed by atoms with Crippen LogP contribution in [0.4, 0.5) is 0 Å². The third kappa shape index (κ3) is 5.71. The van der Waals surface area contributed by atoms with Crippen molar-refractivity contribution in [3.05, 3.63) is 23.8 Å². The lowest BCUT2D eigenvalue weighted by molar-refractivity contribution is -0.143. The highest BCUT2D eigenvalue weighted by atomic mass is 79.9. The van der Waals surface area contributed by atoms with Crippen LogP contribution in [0.5, 0.6) is 11.5 Å². The van der Waals surface area contributed by atoms with E-state index >= 15 is 0 Å². The van der Waals surface area contributed by atoms with Gasteiger partial charge >= 0.3 is 5.97 Å². The molecule has 0 spiro atoms.